The number of benzene rings is 1. The molecule has 0 amide bonds. The zero-order chi connectivity index (χ0) is 26.6. The van der Waals surface area contributed by atoms with Crippen molar-refractivity contribution in [1.29, 1.82) is 0 Å². The summed E-state index contributed by atoms with van der Waals surface area (Å²) in [5.41, 5.74) is 1.67. The molecule has 1 atom stereocenters. The van der Waals surface area contributed by atoms with Crippen LogP contribution in [-0.4, -0.2) is 65.2 Å². The minimum Gasteiger partial charge on any atom is -0.494 e. The van der Waals surface area contributed by atoms with E-state index in [9.17, 15) is 8.42 Å². The molecule has 3 heterocycles. The Morgan fingerprint density at radius 3 is 2.22 bits per heavy atom. The zero-order valence-electron chi connectivity index (χ0n) is 21.0. The van der Waals surface area contributed by atoms with Gasteiger partial charge in [0.1, 0.15) is 28.7 Å². The van der Waals surface area contributed by atoms with Crippen molar-refractivity contribution < 1.29 is 22.6 Å². The van der Waals surface area contributed by atoms with Crippen LogP contribution < -0.4 is 18.9 Å². The molecule has 4 rings (SSSR count). The van der Waals surface area contributed by atoms with E-state index in [0.717, 1.165) is 5.56 Å². The maximum Gasteiger partial charge on any atom is 0.243 e. The van der Waals surface area contributed by atoms with E-state index in [1.165, 1.54) is 25.9 Å². The number of sulfonamides is 1. The molecule has 0 aliphatic carbocycles. The third-order valence-corrected chi connectivity index (χ3v) is 6.84. The summed E-state index contributed by atoms with van der Waals surface area (Å²) in [5.74, 6) is 1.01. The van der Waals surface area contributed by atoms with Crippen LogP contribution in [0.25, 0.3) is 17.2 Å². The first-order valence-electron chi connectivity index (χ1n) is 11.2. The van der Waals surface area contributed by atoms with Crippen LogP contribution in [-0.2, 0) is 10.0 Å². The molecule has 0 saturated carbocycles. The Morgan fingerprint density at radius 1 is 0.946 bits per heavy atom. The summed E-state index contributed by atoms with van der Waals surface area (Å²) in [4.78, 5) is 12.9. The smallest absolute Gasteiger partial charge is 0.243 e. The predicted octanol–water partition coefficient (Wildman–Crippen LogP) is 3.00. The summed E-state index contributed by atoms with van der Waals surface area (Å²) in [7, 11) is 0.573. The second-order valence-corrected chi connectivity index (χ2v) is 9.93. The Labute approximate surface area is 214 Å². The Balaban J connectivity index is 1.80. The molecule has 0 bridgehead atoms. The van der Waals surface area contributed by atoms with Gasteiger partial charge in [-0.3, -0.25) is 9.29 Å². The third kappa shape index (κ3) is 5.61. The van der Waals surface area contributed by atoms with Crippen LogP contribution in [0.15, 0.2) is 48.8 Å². The standard InChI is InChI=1S/C24H27N7O5S/c1-15-12-25-22(26-13-15)16(2)14-37(32,33)30-24-29-28-23(17-8-6-11-20(27-17)36-5)31(24)21-18(34-3)9-7-10-19(21)35-4/h6-13,16H,14H2,1-5H3,(H,29,30)/t16-/m1/s1. The predicted molar refractivity (Wildman–Crippen MR) is 137 cm³/mol. The number of anilines is 1. The Kier molecular flexibility index (Phi) is 7.53. The zero-order valence-corrected chi connectivity index (χ0v) is 21.9. The number of nitrogens with zero attached hydrogens (tertiary/aromatic N) is 6. The van der Waals surface area contributed by atoms with E-state index in [1.807, 2.05) is 6.92 Å². The number of nitrogens with one attached hydrogen (secondary N) is 1. The molecular weight excluding hydrogens is 498 g/mol. The van der Waals surface area contributed by atoms with Crippen LogP contribution in [0.5, 0.6) is 17.4 Å². The van der Waals surface area contributed by atoms with Crippen molar-refractivity contribution in [2.24, 2.45) is 0 Å². The largest absolute Gasteiger partial charge is 0.494 e. The molecule has 0 aliphatic rings. The van der Waals surface area contributed by atoms with Crippen molar-refractivity contribution in [3.8, 4) is 34.6 Å². The highest BCUT2D eigenvalue weighted by Gasteiger charge is 2.27. The molecule has 0 aliphatic heterocycles. The van der Waals surface area contributed by atoms with Gasteiger partial charge in [-0.1, -0.05) is 19.1 Å². The Morgan fingerprint density at radius 2 is 1.59 bits per heavy atom. The molecule has 1 N–H and O–H groups in total. The quantitative estimate of drug-likeness (QED) is 0.328. The maximum atomic E-state index is 13.2. The van der Waals surface area contributed by atoms with Gasteiger partial charge in [0.15, 0.2) is 5.82 Å². The minimum atomic E-state index is -3.92. The van der Waals surface area contributed by atoms with Crippen LogP contribution >= 0.6 is 0 Å². The number of hydrogen-bond donors (Lipinski definition) is 1. The average Bonchev–Trinajstić information content (AvgIpc) is 3.30. The van der Waals surface area contributed by atoms with Gasteiger partial charge >= 0.3 is 0 Å². The molecule has 37 heavy (non-hydrogen) atoms. The van der Waals surface area contributed by atoms with E-state index in [1.54, 1.807) is 55.7 Å². The Hall–Kier alpha value is -4.26. The van der Waals surface area contributed by atoms with E-state index >= 15 is 0 Å². The normalized spacial score (nSPS) is 12.1. The first kappa shape index (κ1) is 25.8. The fraction of sp³-hybridized carbons (Fsp3) is 0.292. The number of hydrogen-bond acceptors (Lipinski definition) is 10. The number of ether oxygens (including phenoxy) is 3. The summed E-state index contributed by atoms with van der Waals surface area (Å²) < 4.78 is 46.9. The molecule has 12 nitrogen and oxygen atoms in total. The number of aromatic nitrogens is 6. The van der Waals surface area contributed by atoms with Gasteiger partial charge in [0.25, 0.3) is 0 Å². The summed E-state index contributed by atoms with van der Waals surface area (Å²) in [6.45, 7) is 3.60. The fourth-order valence-electron chi connectivity index (χ4n) is 3.67. The lowest BCUT2D eigenvalue weighted by Crippen LogP contribution is -2.23. The van der Waals surface area contributed by atoms with Crippen molar-refractivity contribution in [2.75, 3.05) is 31.8 Å². The van der Waals surface area contributed by atoms with Gasteiger partial charge < -0.3 is 14.2 Å². The molecule has 0 unspecified atom stereocenters. The van der Waals surface area contributed by atoms with E-state index in [-0.39, 0.29) is 17.5 Å². The number of aryl methyl sites for hydroxylation is 1. The topological polar surface area (TPSA) is 143 Å². The monoisotopic (exact) mass is 525 g/mol. The van der Waals surface area contributed by atoms with E-state index < -0.39 is 15.9 Å². The highest BCUT2D eigenvalue weighted by molar-refractivity contribution is 7.92. The molecule has 4 aromatic rings. The summed E-state index contributed by atoms with van der Waals surface area (Å²) in [6, 6.07) is 10.3. The van der Waals surface area contributed by atoms with Crippen molar-refractivity contribution in [3.05, 3.63) is 60.2 Å². The van der Waals surface area contributed by atoms with Gasteiger partial charge in [0.2, 0.25) is 21.9 Å². The molecule has 0 spiro atoms. The summed E-state index contributed by atoms with van der Waals surface area (Å²) in [5, 5.41) is 8.40. The van der Waals surface area contributed by atoms with Crippen LogP contribution in [0.4, 0.5) is 5.95 Å². The summed E-state index contributed by atoms with van der Waals surface area (Å²) in [6.07, 6.45) is 3.30. The fourth-order valence-corrected chi connectivity index (χ4v) is 4.98. The lowest BCUT2D eigenvalue weighted by atomic mass is 10.2. The first-order chi connectivity index (χ1) is 17.8. The average molecular weight is 526 g/mol. The van der Waals surface area contributed by atoms with Crippen molar-refractivity contribution in [3.63, 3.8) is 0 Å². The van der Waals surface area contributed by atoms with E-state index in [2.05, 4.69) is 29.9 Å². The molecule has 194 valence electrons. The van der Waals surface area contributed by atoms with Crippen LogP contribution in [0, 0.1) is 6.92 Å². The molecule has 3 aromatic heterocycles. The number of para-hydroxylation sites is 1. The van der Waals surface area contributed by atoms with Crippen LogP contribution in [0.1, 0.15) is 24.2 Å². The summed E-state index contributed by atoms with van der Waals surface area (Å²) >= 11 is 0. The van der Waals surface area contributed by atoms with Gasteiger partial charge in [0.05, 0.1) is 27.1 Å². The van der Waals surface area contributed by atoms with E-state index in [0.29, 0.717) is 34.6 Å². The maximum absolute atomic E-state index is 13.2. The van der Waals surface area contributed by atoms with Crippen LogP contribution in [0.3, 0.4) is 0 Å². The number of rotatable bonds is 10. The lowest BCUT2D eigenvalue weighted by molar-refractivity contribution is 0.391. The van der Waals surface area contributed by atoms with Crippen molar-refractivity contribution in [1.82, 2.24) is 29.7 Å². The molecule has 0 saturated heterocycles. The van der Waals surface area contributed by atoms with Gasteiger partial charge in [-0.2, -0.15) is 0 Å². The van der Waals surface area contributed by atoms with Gasteiger partial charge in [-0.15, -0.1) is 10.2 Å². The highest BCUT2D eigenvalue weighted by atomic mass is 32.2. The number of methoxy groups -OCH3 is 3. The van der Waals surface area contributed by atoms with Gasteiger partial charge in [-0.25, -0.2) is 23.4 Å². The van der Waals surface area contributed by atoms with Crippen LogP contribution in [0.2, 0.25) is 0 Å². The molecule has 0 fully saturated rings. The third-order valence-electron chi connectivity index (χ3n) is 5.41. The van der Waals surface area contributed by atoms with E-state index in [4.69, 9.17) is 14.2 Å². The lowest BCUT2D eigenvalue weighted by Gasteiger charge is -2.18. The van der Waals surface area contributed by atoms with Gasteiger partial charge in [-0.05, 0) is 30.7 Å². The minimum absolute atomic E-state index is 0.0700. The molecule has 1 aromatic carbocycles. The van der Waals surface area contributed by atoms with Gasteiger partial charge in [0, 0.05) is 24.4 Å². The second kappa shape index (κ2) is 10.8. The SMILES string of the molecule is COc1cccc(-c2nnc(NS(=O)(=O)C[C@@H](C)c3ncc(C)cn3)n2-c2c(OC)cccc2OC)n1. The molecular formula is C24H27N7O5S. The highest BCUT2D eigenvalue weighted by Crippen LogP contribution is 2.37. The molecule has 0 radical (unpaired) electrons. The first-order valence-corrected chi connectivity index (χ1v) is 12.9. The molecule has 13 heteroatoms. The second-order valence-electron chi connectivity index (χ2n) is 8.16. The van der Waals surface area contributed by atoms with Crippen molar-refractivity contribution >= 4 is 16.0 Å². The van der Waals surface area contributed by atoms with Crippen molar-refractivity contribution in [2.45, 2.75) is 19.8 Å². The number of pyridine rings is 1. The Bertz CT molecular complexity index is 1470.